The first-order valence-electron chi connectivity index (χ1n) is 7.66. The molecule has 1 fully saturated rings. The summed E-state index contributed by atoms with van der Waals surface area (Å²) in [4.78, 5) is 6.19. The van der Waals surface area contributed by atoms with Crippen molar-refractivity contribution in [3.8, 4) is 11.6 Å². The van der Waals surface area contributed by atoms with Gasteiger partial charge >= 0.3 is 0 Å². The second-order valence-corrected chi connectivity index (χ2v) is 7.70. The average molecular weight is 347 g/mol. The number of rotatable bonds is 2. The molecule has 3 heterocycles. The number of hydrogen-bond donors (Lipinski definition) is 2. The zero-order valence-corrected chi connectivity index (χ0v) is 13.6. The number of hydrogen-bond acceptors (Lipinski definition) is 6. The van der Waals surface area contributed by atoms with Crippen molar-refractivity contribution >= 4 is 10.0 Å². The van der Waals surface area contributed by atoms with Crippen LogP contribution in [0.15, 0.2) is 47.5 Å². The molecule has 2 aliphatic rings. The van der Waals surface area contributed by atoms with Gasteiger partial charge in [0.15, 0.2) is 0 Å². The number of phenols is 1. The zero-order chi connectivity index (χ0) is 16.7. The molecule has 2 unspecified atom stereocenters. The van der Waals surface area contributed by atoms with E-state index >= 15 is 0 Å². The lowest BCUT2D eigenvalue weighted by atomic mass is 10.2. The number of phenolic OH excluding ortho intramolecular Hbond substituents is 1. The maximum Gasteiger partial charge on any atom is 0.246 e. The number of nitrogens with zero attached hydrogens (tertiary/aromatic N) is 2. The number of aromatic hydroxyl groups is 1. The number of likely N-dealkylation sites (tertiary alicyclic amines) is 1. The first-order valence-corrected chi connectivity index (χ1v) is 9.14. The highest BCUT2D eigenvalue weighted by Gasteiger charge is 2.41. The van der Waals surface area contributed by atoms with Gasteiger partial charge in [-0.2, -0.15) is 0 Å². The monoisotopic (exact) mass is 347 g/mol. The van der Waals surface area contributed by atoms with Crippen LogP contribution in [0.25, 0.3) is 0 Å². The van der Waals surface area contributed by atoms with Crippen molar-refractivity contribution in [1.29, 1.82) is 0 Å². The third-order valence-corrected chi connectivity index (χ3v) is 5.83. The summed E-state index contributed by atoms with van der Waals surface area (Å²) in [6, 6.07) is 9.84. The molecule has 0 bridgehead atoms. The number of pyridine rings is 1. The molecule has 0 amide bonds. The molecule has 0 spiro atoms. The Bertz CT molecular complexity index is 871. The maximum atomic E-state index is 12.5. The summed E-state index contributed by atoms with van der Waals surface area (Å²) < 4.78 is 33.5. The fraction of sp³-hybridized carbons (Fsp3) is 0.312. The van der Waals surface area contributed by atoms with Gasteiger partial charge in [-0.1, -0.05) is 18.2 Å². The van der Waals surface area contributed by atoms with Crippen LogP contribution in [-0.2, 0) is 16.6 Å². The minimum Gasteiger partial charge on any atom is -0.508 e. The minimum absolute atomic E-state index is 0.0756. The Kier molecular flexibility index (Phi) is 3.67. The molecular weight excluding hydrogens is 330 g/mol. The third kappa shape index (κ3) is 2.72. The van der Waals surface area contributed by atoms with E-state index in [2.05, 4.69) is 14.6 Å². The highest BCUT2D eigenvalue weighted by Crippen LogP contribution is 2.29. The number of ether oxygens (including phenoxy) is 1. The highest BCUT2D eigenvalue weighted by atomic mass is 32.2. The van der Waals surface area contributed by atoms with Gasteiger partial charge in [-0.05, 0) is 18.2 Å². The number of benzene rings is 1. The number of aromatic nitrogens is 1. The molecule has 0 aliphatic carbocycles. The highest BCUT2D eigenvalue weighted by molar-refractivity contribution is 7.89. The SMILES string of the molecule is O=S1(=O)NC2CN(Cc3ccccc3O)CC2Oc2ncccc21. The average Bonchev–Trinajstić information content (AvgIpc) is 2.86. The summed E-state index contributed by atoms with van der Waals surface area (Å²) in [5, 5.41) is 9.91. The molecule has 8 heteroatoms. The molecule has 1 saturated heterocycles. The number of nitrogens with one attached hydrogen (secondary N) is 1. The van der Waals surface area contributed by atoms with Crippen LogP contribution in [-0.4, -0.2) is 48.6 Å². The van der Waals surface area contributed by atoms with Gasteiger partial charge in [0.1, 0.15) is 16.7 Å². The van der Waals surface area contributed by atoms with E-state index in [-0.39, 0.29) is 28.7 Å². The molecule has 2 aromatic rings. The van der Waals surface area contributed by atoms with Crippen molar-refractivity contribution in [3.05, 3.63) is 48.2 Å². The Morgan fingerprint density at radius 1 is 1.25 bits per heavy atom. The van der Waals surface area contributed by atoms with Gasteiger partial charge in [-0.25, -0.2) is 18.1 Å². The van der Waals surface area contributed by atoms with E-state index in [1.807, 2.05) is 12.1 Å². The molecule has 1 aromatic heterocycles. The quantitative estimate of drug-likeness (QED) is 0.831. The summed E-state index contributed by atoms with van der Waals surface area (Å²) in [6.45, 7) is 1.59. The Balaban J connectivity index is 1.57. The molecule has 126 valence electrons. The predicted octanol–water partition coefficient (Wildman–Crippen LogP) is 0.711. The topological polar surface area (TPSA) is 91.8 Å². The van der Waals surface area contributed by atoms with Crippen LogP contribution in [0.1, 0.15) is 5.56 Å². The van der Waals surface area contributed by atoms with Gasteiger partial charge in [0.2, 0.25) is 15.9 Å². The fourth-order valence-corrected chi connectivity index (χ4v) is 4.51. The molecule has 4 rings (SSSR count). The summed E-state index contributed by atoms with van der Waals surface area (Å²) in [7, 11) is -3.65. The Labute approximate surface area is 139 Å². The van der Waals surface area contributed by atoms with Crippen molar-refractivity contribution in [1.82, 2.24) is 14.6 Å². The van der Waals surface area contributed by atoms with Gasteiger partial charge in [-0.15, -0.1) is 0 Å². The standard InChI is InChI=1S/C16H17N3O4S/c20-13-5-2-1-4-11(13)8-19-9-12-14(10-19)23-16-15(6-3-7-17-16)24(21,22)18-12/h1-7,12,14,18,20H,8-10H2. The molecule has 24 heavy (non-hydrogen) atoms. The fourth-order valence-electron chi connectivity index (χ4n) is 3.17. The van der Waals surface area contributed by atoms with E-state index in [1.165, 1.54) is 12.3 Å². The first kappa shape index (κ1) is 15.4. The van der Waals surface area contributed by atoms with Crippen molar-refractivity contribution in [2.45, 2.75) is 23.6 Å². The van der Waals surface area contributed by atoms with Gasteiger partial charge in [0.25, 0.3) is 0 Å². The third-order valence-electron chi connectivity index (χ3n) is 4.32. The van der Waals surface area contributed by atoms with Gasteiger partial charge < -0.3 is 9.84 Å². The van der Waals surface area contributed by atoms with Crippen LogP contribution in [0.5, 0.6) is 11.6 Å². The Morgan fingerprint density at radius 2 is 2.08 bits per heavy atom. The van der Waals surface area contributed by atoms with E-state index in [0.29, 0.717) is 19.6 Å². The van der Waals surface area contributed by atoms with E-state index in [4.69, 9.17) is 4.74 Å². The van der Waals surface area contributed by atoms with Crippen LogP contribution in [0.3, 0.4) is 0 Å². The van der Waals surface area contributed by atoms with E-state index in [9.17, 15) is 13.5 Å². The van der Waals surface area contributed by atoms with Crippen LogP contribution >= 0.6 is 0 Å². The molecule has 7 nitrogen and oxygen atoms in total. The van der Waals surface area contributed by atoms with Crippen molar-refractivity contribution < 1.29 is 18.3 Å². The summed E-state index contributed by atoms with van der Waals surface area (Å²) in [5.41, 5.74) is 0.801. The van der Waals surface area contributed by atoms with Gasteiger partial charge in [-0.3, -0.25) is 4.90 Å². The molecule has 2 N–H and O–H groups in total. The minimum atomic E-state index is -3.65. The molecule has 1 aromatic carbocycles. The number of fused-ring (bicyclic) bond motifs is 2. The summed E-state index contributed by atoms with van der Waals surface area (Å²) in [5.74, 6) is 0.375. The lowest BCUT2D eigenvalue weighted by Crippen LogP contribution is -2.42. The van der Waals surface area contributed by atoms with Crippen LogP contribution in [0, 0.1) is 0 Å². The van der Waals surface area contributed by atoms with E-state index in [1.54, 1.807) is 18.2 Å². The van der Waals surface area contributed by atoms with Crippen molar-refractivity contribution in [2.75, 3.05) is 13.1 Å². The molecule has 2 atom stereocenters. The molecular formula is C16H17N3O4S. The van der Waals surface area contributed by atoms with Crippen molar-refractivity contribution in [3.63, 3.8) is 0 Å². The van der Waals surface area contributed by atoms with Crippen LogP contribution < -0.4 is 9.46 Å². The number of para-hydroxylation sites is 1. The normalized spacial score (nSPS) is 25.3. The predicted molar refractivity (Wildman–Crippen MR) is 86.1 cm³/mol. The Morgan fingerprint density at radius 3 is 2.92 bits per heavy atom. The second-order valence-electron chi connectivity index (χ2n) is 6.01. The molecule has 2 aliphatic heterocycles. The smallest absolute Gasteiger partial charge is 0.246 e. The van der Waals surface area contributed by atoms with Crippen LogP contribution in [0.4, 0.5) is 0 Å². The second kappa shape index (κ2) is 5.73. The lowest BCUT2D eigenvalue weighted by molar-refractivity contribution is 0.176. The number of sulfonamides is 1. The van der Waals surface area contributed by atoms with Gasteiger partial charge in [0.05, 0.1) is 6.04 Å². The largest absolute Gasteiger partial charge is 0.508 e. The van der Waals surface area contributed by atoms with E-state index < -0.39 is 10.0 Å². The van der Waals surface area contributed by atoms with Gasteiger partial charge in [0, 0.05) is 31.4 Å². The maximum absolute atomic E-state index is 12.5. The summed E-state index contributed by atoms with van der Waals surface area (Å²) in [6.07, 6.45) is 1.20. The van der Waals surface area contributed by atoms with E-state index in [0.717, 1.165) is 5.56 Å². The molecule has 0 saturated carbocycles. The Hall–Kier alpha value is -2.16. The lowest BCUT2D eigenvalue weighted by Gasteiger charge is -2.17. The van der Waals surface area contributed by atoms with Crippen molar-refractivity contribution in [2.24, 2.45) is 0 Å². The van der Waals surface area contributed by atoms with Crippen LogP contribution in [0.2, 0.25) is 0 Å². The summed E-state index contributed by atoms with van der Waals surface area (Å²) >= 11 is 0. The molecule has 0 radical (unpaired) electrons. The first-order chi connectivity index (χ1) is 11.5. The zero-order valence-electron chi connectivity index (χ0n) is 12.8.